The molecule has 4 rings (SSSR count). The van der Waals surface area contributed by atoms with Gasteiger partial charge in [-0.05, 0) is 31.0 Å². The number of hydrogen-bond acceptors (Lipinski definition) is 4. The predicted octanol–water partition coefficient (Wildman–Crippen LogP) is 2.36. The standard InChI is InChI=1S/C16H17N5O2/c22-16(19-15-14-11(1-6-17-14)2-7-18-15)13-3-8-21(20-13)12-4-9-23-10-5-12/h1-3,6-8,12,17H,4-5,9-10H2,(H,18,19,22). The number of pyridine rings is 1. The molecule has 0 aromatic carbocycles. The third-order valence-electron chi connectivity index (χ3n) is 4.11. The molecule has 0 bridgehead atoms. The first-order chi connectivity index (χ1) is 11.3. The summed E-state index contributed by atoms with van der Waals surface area (Å²) in [4.78, 5) is 19.7. The molecule has 0 saturated carbocycles. The van der Waals surface area contributed by atoms with Gasteiger partial charge >= 0.3 is 0 Å². The molecule has 118 valence electrons. The SMILES string of the molecule is O=C(Nc1nccc2cc[nH]c12)c1ccn(C2CCOCC2)n1. The Balaban J connectivity index is 1.53. The smallest absolute Gasteiger partial charge is 0.277 e. The number of carbonyl (C=O) groups is 1. The molecule has 1 saturated heterocycles. The maximum Gasteiger partial charge on any atom is 0.277 e. The highest BCUT2D eigenvalue weighted by Gasteiger charge is 2.19. The van der Waals surface area contributed by atoms with Crippen molar-refractivity contribution in [1.29, 1.82) is 0 Å². The van der Waals surface area contributed by atoms with E-state index in [1.165, 1.54) is 0 Å². The second-order valence-electron chi connectivity index (χ2n) is 5.58. The van der Waals surface area contributed by atoms with Gasteiger partial charge in [-0.25, -0.2) is 4.98 Å². The molecule has 1 amide bonds. The zero-order valence-corrected chi connectivity index (χ0v) is 12.5. The molecule has 1 aliphatic heterocycles. The van der Waals surface area contributed by atoms with Gasteiger partial charge in [0.05, 0.1) is 11.6 Å². The van der Waals surface area contributed by atoms with Gasteiger partial charge in [0.1, 0.15) is 0 Å². The van der Waals surface area contributed by atoms with Gasteiger partial charge in [-0.15, -0.1) is 0 Å². The van der Waals surface area contributed by atoms with E-state index >= 15 is 0 Å². The van der Waals surface area contributed by atoms with Crippen molar-refractivity contribution in [3.8, 4) is 0 Å². The highest BCUT2D eigenvalue weighted by atomic mass is 16.5. The van der Waals surface area contributed by atoms with E-state index in [9.17, 15) is 4.79 Å². The van der Waals surface area contributed by atoms with Crippen molar-refractivity contribution >= 4 is 22.6 Å². The monoisotopic (exact) mass is 311 g/mol. The maximum absolute atomic E-state index is 12.4. The zero-order valence-electron chi connectivity index (χ0n) is 12.5. The topological polar surface area (TPSA) is 84.8 Å². The van der Waals surface area contributed by atoms with Crippen LogP contribution >= 0.6 is 0 Å². The molecular weight excluding hydrogens is 294 g/mol. The molecule has 7 nitrogen and oxygen atoms in total. The van der Waals surface area contributed by atoms with Gasteiger partial charge in [0, 0.05) is 37.2 Å². The van der Waals surface area contributed by atoms with Crippen LogP contribution in [0.5, 0.6) is 0 Å². The van der Waals surface area contributed by atoms with E-state index in [0.29, 0.717) is 17.6 Å². The predicted molar refractivity (Wildman–Crippen MR) is 85.4 cm³/mol. The largest absolute Gasteiger partial charge is 0.381 e. The van der Waals surface area contributed by atoms with Crippen LogP contribution in [0.1, 0.15) is 29.4 Å². The van der Waals surface area contributed by atoms with E-state index in [4.69, 9.17) is 4.74 Å². The summed E-state index contributed by atoms with van der Waals surface area (Å²) in [6.45, 7) is 1.48. The summed E-state index contributed by atoms with van der Waals surface area (Å²) in [6, 6.07) is 5.86. The van der Waals surface area contributed by atoms with E-state index in [0.717, 1.165) is 37.0 Å². The number of carbonyl (C=O) groups excluding carboxylic acids is 1. The molecular formula is C16H17N5O2. The Bertz CT molecular complexity index is 832. The Morgan fingerprint density at radius 3 is 3.04 bits per heavy atom. The maximum atomic E-state index is 12.4. The Kier molecular flexibility index (Phi) is 3.55. The van der Waals surface area contributed by atoms with Crippen molar-refractivity contribution in [3.63, 3.8) is 0 Å². The third kappa shape index (κ3) is 2.70. The van der Waals surface area contributed by atoms with Gasteiger partial charge in [0.2, 0.25) is 0 Å². The third-order valence-corrected chi connectivity index (χ3v) is 4.11. The summed E-state index contributed by atoms with van der Waals surface area (Å²) in [5.74, 6) is 0.253. The van der Waals surface area contributed by atoms with Gasteiger partial charge in [-0.1, -0.05) is 0 Å². The highest BCUT2D eigenvalue weighted by molar-refractivity contribution is 6.06. The van der Waals surface area contributed by atoms with Gasteiger partial charge < -0.3 is 15.0 Å². The van der Waals surface area contributed by atoms with E-state index < -0.39 is 0 Å². The fourth-order valence-corrected chi connectivity index (χ4v) is 2.86. The minimum absolute atomic E-state index is 0.259. The number of aromatic nitrogens is 4. The molecule has 4 heterocycles. The van der Waals surface area contributed by atoms with Crippen molar-refractivity contribution in [3.05, 3.63) is 42.5 Å². The summed E-state index contributed by atoms with van der Waals surface area (Å²) in [6.07, 6.45) is 7.19. The summed E-state index contributed by atoms with van der Waals surface area (Å²) in [5, 5.41) is 8.23. The lowest BCUT2D eigenvalue weighted by atomic mass is 10.1. The van der Waals surface area contributed by atoms with Gasteiger partial charge in [-0.3, -0.25) is 9.48 Å². The molecule has 1 fully saturated rings. The van der Waals surface area contributed by atoms with Crippen LogP contribution in [0.2, 0.25) is 0 Å². The summed E-state index contributed by atoms with van der Waals surface area (Å²) in [7, 11) is 0. The molecule has 3 aromatic heterocycles. The number of H-pyrrole nitrogens is 1. The van der Waals surface area contributed by atoms with Gasteiger partial charge in [0.15, 0.2) is 11.5 Å². The number of hydrogen-bond donors (Lipinski definition) is 2. The molecule has 0 atom stereocenters. The number of amides is 1. The number of rotatable bonds is 3. The van der Waals surface area contributed by atoms with Crippen LogP contribution < -0.4 is 5.32 Å². The molecule has 3 aromatic rings. The average Bonchev–Trinajstić information content (AvgIpc) is 3.25. The first-order valence-corrected chi connectivity index (χ1v) is 7.67. The molecule has 7 heteroatoms. The number of ether oxygens (including phenoxy) is 1. The van der Waals surface area contributed by atoms with Crippen LogP contribution in [0.4, 0.5) is 5.82 Å². The molecule has 0 unspecified atom stereocenters. The number of anilines is 1. The first-order valence-electron chi connectivity index (χ1n) is 7.67. The number of nitrogens with zero attached hydrogens (tertiary/aromatic N) is 3. The molecule has 0 radical (unpaired) electrons. The van der Waals surface area contributed by atoms with Crippen molar-refractivity contribution in [2.45, 2.75) is 18.9 Å². The summed E-state index contributed by atoms with van der Waals surface area (Å²) >= 11 is 0. The lowest BCUT2D eigenvalue weighted by molar-refractivity contribution is 0.0661. The molecule has 0 spiro atoms. The van der Waals surface area contributed by atoms with Crippen molar-refractivity contribution in [2.24, 2.45) is 0 Å². The van der Waals surface area contributed by atoms with Crippen LogP contribution in [0.25, 0.3) is 10.9 Å². The Hall–Kier alpha value is -2.67. The van der Waals surface area contributed by atoms with Crippen LogP contribution in [0.15, 0.2) is 36.8 Å². The van der Waals surface area contributed by atoms with E-state index in [1.807, 2.05) is 29.2 Å². The summed E-state index contributed by atoms with van der Waals surface area (Å²) < 4.78 is 7.22. The Morgan fingerprint density at radius 1 is 1.30 bits per heavy atom. The van der Waals surface area contributed by atoms with E-state index in [-0.39, 0.29) is 5.91 Å². The molecule has 23 heavy (non-hydrogen) atoms. The second-order valence-corrected chi connectivity index (χ2v) is 5.58. The van der Waals surface area contributed by atoms with Crippen molar-refractivity contribution < 1.29 is 9.53 Å². The van der Waals surface area contributed by atoms with Crippen LogP contribution in [-0.2, 0) is 4.74 Å². The van der Waals surface area contributed by atoms with E-state index in [1.54, 1.807) is 12.3 Å². The molecule has 2 N–H and O–H groups in total. The fourth-order valence-electron chi connectivity index (χ4n) is 2.86. The quantitative estimate of drug-likeness (QED) is 0.777. The van der Waals surface area contributed by atoms with Gasteiger partial charge in [-0.2, -0.15) is 5.10 Å². The number of aromatic amines is 1. The van der Waals surface area contributed by atoms with Crippen LogP contribution in [0.3, 0.4) is 0 Å². The normalized spacial score (nSPS) is 15.8. The Morgan fingerprint density at radius 2 is 2.17 bits per heavy atom. The van der Waals surface area contributed by atoms with Crippen LogP contribution in [0, 0.1) is 0 Å². The van der Waals surface area contributed by atoms with Crippen molar-refractivity contribution in [1.82, 2.24) is 19.7 Å². The van der Waals surface area contributed by atoms with Crippen LogP contribution in [-0.4, -0.2) is 38.9 Å². The fraction of sp³-hybridized carbons (Fsp3) is 0.312. The molecule has 1 aliphatic rings. The first kappa shape index (κ1) is 14.0. The minimum Gasteiger partial charge on any atom is -0.381 e. The molecule has 0 aliphatic carbocycles. The lowest BCUT2D eigenvalue weighted by Gasteiger charge is -2.22. The minimum atomic E-state index is -0.259. The number of nitrogens with one attached hydrogen (secondary N) is 2. The average molecular weight is 311 g/mol. The van der Waals surface area contributed by atoms with Gasteiger partial charge in [0.25, 0.3) is 5.91 Å². The van der Waals surface area contributed by atoms with E-state index in [2.05, 4.69) is 20.4 Å². The van der Waals surface area contributed by atoms with Crippen molar-refractivity contribution in [2.75, 3.05) is 18.5 Å². The number of fused-ring (bicyclic) bond motifs is 1. The summed E-state index contributed by atoms with van der Waals surface area (Å²) in [5.41, 5.74) is 1.20. The zero-order chi connectivity index (χ0) is 15.6. The lowest BCUT2D eigenvalue weighted by Crippen LogP contribution is -2.21. The highest BCUT2D eigenvalue weighted by Crippen LogP contribution is 2.21. The Labute approximate surface area is 132 Å². The second kappa shape index (κ2) is 5.85.